The number of benzene rings is 2. The Morgan fingerprint density at radius 2 is 1.92 bits per heavy atom. The summed E-state index contributed by atoms with van der Waals surface area (Å²) in [7, 11) is 0. The number of para-hydroxylation sites is 1. The fourth-order valence-electron chi connectivity index (χ4n) is 2.86. The van der Waals surface area contributed by atoms with Crippen LogP contribution in [0.1, 0.15) is 28.8 Å². The summed E-state index contributed by atoms with van der Waals surface area (Å²) in [6.07, 6.45) is 1.50. The van der Waals surface area contributed by atoms with Crippen LogP contribution < -0.4 is 16.2 Å². The first-order valence-electron chi connectivity index (χ1n) is 8.25. The van der Waals surface area contributed by atoms with Gasteiger partial charge in [0, 0.05) is 18.5 Å². The predicted molar refractivity (Wildman–Crippen MR) is 96.5 cm³/mol. The number of likely N-dealkylation sites (tertiary alicyclic amines) is 1. The van der Waals surface area contributed by atoms with Crippen LogP contribution in [0.25, 0.3) is 0 Å². The zero-order valence-electron chi connectivity index (χ0n) is 13.9. The summed E-state index contributed by atoms with van der Waals surface area (Å²) < 4.78 is 5.77. The summed E-state index contributed by atoms with van der Waals surface area (Å²) in [5.41, 5.74) is 13.2. The molecule has 25 heavy (non-hydrogen) atoms. The molecule has 0 bridgehead atoms. The number of carbonyl (C=O) groups excluding carboxylic acids is 2. The highest BCUT2D eigenvalue weighted by Gasteiger charge is 2.20. The molecule has 6 heteroatoms. The number of carbonyl (C=O) groups is 2. The average molecular weight is 339 g/mol. The first kappa shape index (κ1) is 16.8. The Hall–Kier alpha value is -3.02. The van der Waals surface area contributed by atoms with Gasteiger partial charge >= 0.3 is 0 Å². The molecule has 2 aromatic rings. The van der Waals surface area contributed by atoms with Gasteiger partial charge in [0.25, 0.3) is 0 Å². The molecule has 0 radical (unpaired) electrons. The summed E-state index contributed by atoms with van der Waals surface area (Å²) in [6, 6.07) is 11.9. The van der Waals surface area contributed by atoms with Crippen LogP contribution >= 0.6 is 0 Å². The molecule has 0 aliphatic carbocycles. The molecule has 130 valence electrons. The summed E-state index contributed by atoms with van der Waals surface area (Å²) in [4.78, 5) is 26.2. The molecule has 3 rings (SSSR count). The van der Waals surface area contributed by atoms with Crippen LogP contribution in [0, 0.1) is 0 Å². The van der Waals surface area contributed by atoms with Crippen molar-refractivity contribution in [2.75, 3.05) is 31.2 Å². The lowest BCUT2D eigenvalue weighted by atomic mass is 10.0. The standard InChI is InChI=1S/C19H21N3O3/c20-15-8-7-13(12-16(15)21)19(24)14-4-1-2-5-17(14)25-11-10-22-9-3-6-18(22)23/h1-2,4-5,7-8,12H,3,6,9-11,20-21H2. The van der Waals surface area contributed by atoms with E-state index >= 15 is 0 Å². The Morgan fingerprint density at radius 1 is 1.12 bits per heavy atom. The molecule has 1 amide bonds. The predicted octanol–water partition coefficient (Wildman–Crippen LogP) is 2.08. The lowest BCUT2D eigenvalue weighted by Crippen LogP contribution is -2.29. The van der Waals surface area contributed by atoms with Crippen LogP contribution in [0.3, 0.4) is 0 Å². The maximum absolute atomic E-state index is 12.8. The third-order valence-electron chi connectivity index (χ3n) is 4.27. The number of rotatable bonds is 6. The van der Waals surface area contributed by atoms with Crippen molar-refractivity contribution in [3.05, 3.63) is 53.6 Å². The average Bonchev–Trinajstić information content (AvgIpc) is 3.02. The second kappa shape index (κ2) is 7.25. The number of hydrogen-bond donors (Lipinski definition) is 2. The van der Waals surface area contributed by atoms with Crippen LogP contribution in [0.5, 0.6) is 5.75 Å². The van der Waals surface area contributed by atoms with Crippen molar-refractivity contribution in [2.45, 2.75) is 12.8 Å². The third kappa shape index (κ3) is 3.74. The van der Waals surface area contributed by atoms with E-state index in [-0.39, 0.29) is 11.7 Å². The number of nitrogens with two attached hydrogens (primary N) is 2. The largest absolute Gasteiger partial charge is 0.491 e. The molecule has 0 atom stereocenters. The fraction of sp³-hybridized carbons (Fsp3) is 0.263. The first-order chi connectivity index (χ1) is 12.1. The quantitative estimate of drug-likeness (QED) is 0.620. The minimum atomic E-state index is -0.181. The molecule has 1 heterocycles. The topological polar surface area (TPSA) is 98.7 Å². The van der Waals surface area contributed by atoms with Gasteiger partial charge in [-0.3, -0.25) is 9.59 Å². The second-order valence-corrected chi connectivity index (χ2v) is 6.00. The van der Waals surface area contributed by atoms with Gasteiger partial charge in [-0.1, -0.05) is 12.1 Å². The molecule has 2 aromatic carbocycles. The molecule has 0 saturated carbocycles. The Bertz CT molecular complexity index is 804. The van der Waals surface area contributed by atoms with Crippen molar-refractivity contribution >= 4 is 23.1 Å². The summed E-state index contributed by atoms with van der Waals surface area (Å²) in [6.45, 7) is 1.64. The molecule has 0 aromatic heterocycles. The lowest BCUT2D eigenvalue weighted by molar-refractivity contribution is -0.128. The van der Waals surface area contributed by atoms with Gasteiger partial charge in [-0.25, -0.2) is 0 Å². The molecule has 6 nitrogen and oxygen atoms in total. The molecule has 0 unspecified atom stereocenters. The van der Waals surface area contributed by atoms with Crippen LogP contribution in [0.2, 0.25) is 0 Å². The maximum atomic E-state index is 12.8. The molecule has 1 saturated heterocycles. The van der Waals surface area contributed by atoms with Crippen molar-refractivity contribution < 1.29 is 14.3 Å². The molecule has 1 aliphatic heterocycles. The normalized spacial score (nSPS) is 13.9. The smallest absolute Gasteiger partial charge is 0.222 e. The van der Waals surface area contributed by atoms with E-state index in [1.54, 1.807) is 41.3 Å². The van der Waals surface area contributed by atoms with Gasteiger partial charge in [-0.15, -0.1) is 0 Å². The van der Waals surface area contributed by atoms with Gasteiger partial charge in [-0.05, 0) is 36.8 Å². The maximum Gasteiger partial charge on any atom is 0.222 e. The van der Waals surface area contributed by atoms with Crippen LogP contribution in [0.15, 0.2) is 42.5 Å². The van der Waals surface area contributed by atoms with Crippen LogP contribution in [-0.4, -0.2) is 36.3 Å². The number of nitrogens with zero attached hydrogens (tertiary/aromatic N) is 1. The SMILES string of the molecule is Nc1ccc(C(=O)c2ccccc2OCCN2CCCC2=O)cc1N. The second-order valence-electron chi connectivity index (χ2n) is 6.00. The molecule has 1 fully saturated rings. The van der Waals surface area contributed by atoms with Gasteiger partial charge in [0.2, 0.25) is 5.91 Å². The summed E-state index contributed by atoms with van der Waals surface area (Å²) >= 11 is 0. The van der Waals surface area contributed by atoms with E-state index in [0.717, 1.165) is 13.0 Å². The van der Waals surface area contributed by atoms with Crippen molar-refractivity contribution in [2.24, 2.45) is 0 Å². The van der Waals surface area contributed by atoms with Crippen LogP contribution in [-0.2, 0) is 4.79 Å². The lowest BCUT2D eigenvalue weighted by Gasteiger charge is -2.17. The van der Waals surface area contributed by atoms with E-state index in [0.29, 0.717) is 47.8 Å². The number of nitrogen functional groups attached to an aromatic ring is 2. The number of ether oxygens (including phenoxy) is 1. The third-order valence-corrected chi connectivity index (χ3v) is 4.27. The highest BCUT2D eigenvalue weighted by molar-refractivity contribution is 6.11. The zero-order chi connectivity index (χ0) is 17.8. The molecule has 0 spiro atoms. The highest BCUT2D eigenvalue weighted by Crippen LogP contribution is 2.24. The minimum Gasteiger partial charge on any atom is -0.491 e. The summed E-state index contributed by atoms with van der Waals surface area (Å²) in [5.74, 6) is 0.472. The Morgan fingerprint density at radius 3 is 2.64 bits per heavy atom. The number of amides is 1. The van der Waals surface area contributed by atoms with Crippen molar-refractivity contribution in [3.63, 3.8) is 0 Å². The van der Waals surface area contributed by atoms with E-state index in [1.807, 2.05) is 6.07 Å². The van der Waals surface area contributed by atoms with Crippen molar-refractivity contribution in [1.29, 1.82) is 0 Å². The summed E-state index contributed by atoms with van der Waals surface area (Å²) in [5, 5.41) is 0. The molecular weight excluding hydrogens is 318 g/mol. The number of hydrogen-bond acceptors (Lipinski definition) is 5. The number of anilines is 2. The van der Waals surface area contributed by atoms with Gasteiger partial charge in [0.15, 0.2) is 5.78 Å². The van der Waals surface area contributed by atoms with Crippen molar-refractivity contribution in [1.82, 2.24) is 4.90 Å². The van der Waals surface area contributed by atoms with Gasteiger partial charge in [0.1, 0.15) is 12.4 Å². The molecule has 4 N–H and O–H groups in total. The molecule has 1 aliphatic rings. The Kier molecular flexibility index (Phi) is 4.88. The Labute approximate surface area is 146 Å². The van der Waals surface area contributed by atoms with E-state index in [2.05, 4.69) is 0 Å². The van der Waals surface area contributed by atoms with Crippen molar-refractivity contribution in [3.8, 4) is 5.75 Å². The van der Waals surface area contributed by atoms with E-state index in [1.165, 1.54) is 0 Å². The minimum absolute atomic E-state index is 0.158. The van der Waals surface area contributed by atoms with E-state index in [4.69, 9.17) is 16.2 Å². The fourth-order valence-corrected chi connectivity index (χ4v) is 2.86. The number of ketones is 1. The highest BCUT2D eigenvalue weighted by atomic mass is 16.5. The van der Waals surface area contributed by atoms with E-state index in [9.17, 15) is 9.59 Å². The zero-order valence-corrected chi connectivity index (χ0v) is 13.9. The van der Waals surface area contributed by atoms with Crippen LogP contribution in [0.4, 0.5) is 11.4 Å². The van der Waals surface area contributed by atoms with E-state index < -0.39 is 0 Å². The monoisotopic (exact) mass is 339 g/mol. The Balaban J connectivity index is 1.72. The first-order valence-corrected chi connectivity index (χ1v) is 8.25. The van der Waals surface area contributed by atoms with Gasteiger partial charge in [0.05, 0.1) is 23.5 Å². The van der Waals surface area contributed by atoms with Gasteiger partial charge < -0.3 is 21.1 Å². The van der Waals surface area contributed by atoms with Gasteiger partial charge in [-0.2, -0.15) is 0 Å². The molecular formula is C19H21N3O3.